The van der Waals surface area contributed by atoms with E-state index < -0.39 is 0 Å². The number of rotatable bonds is 7. The zero-order valence-corrected chi connectivity index (χ0v) is 10.9. The largest absolute Gasteiger partial charge is 0.383 e. The van der Waals surface area contributed by atoms with Crippen LogP contribution in [0.15, 0.2) is 18.2 Å². The van der Waals surface area contributed by atoms with E-state index in [1.807, 2.05) is 6.92 Å². The molecule has 0 aromatic heterocycles. The average molecular weight is 250 g/mol. The van der Waals surface area contributed by atoms with Gasteiger partial charge in [-0.25, -0.2) is 4.39 Å². The van der Waals surface area contributed by atoms with Gasteiger partial charge in [0, 0.05) is 33.2 Å². The highest BCUT2D eigenvalue weighted by molar-refractivity contribution is 5.26. The molecule has 0 N–H and O–H groups in total. The van der Waals surface area contributed by atoms with Gasteiger partial charge in [0.1, 0.15) is 5.82 Å². The molecule has 0 bridgehead atoms. The topological polar surface area (TPSA) is 36.3 Å². The standard InChI is InChI=1S/C14H19FN2O/c1-12-10-14(15)5-4-13(12)11-17(7-3-6-16)8-9-18-2/h4-5,10H,3,7-9,11H2,1-2H3. The highest BCUT2D eigenvalue weighted by Crippen LogP contribution is 2.13. The molecule has 3 nitrogen and oxygen atoms in total. The molecule has 18 heavy (non-hydrogen) atoms. The molecule has 0 spiro atoms. The van der Waals surface area contributed by atoms with E-state index in [1.165, 1.54) is 12.1 Å². The first-order chi connectivity index (χ1) is 8.67. The third kappa shape index (κ3) is 4.82. The van der Waals surface area contributed by atoms with E-state index in [-0.39, 0.29) is 5.82 Å². The average Bonchev–Trinajstić information content (AvgIpc) is 2.35. The van der Waals surface area contributed by atoms with Gasteiger partial charge in [-0.05, 0) is 30.2 Å². The quantitative estimate of drug-likeness (QED) is 0.746. The van der Waals surface area contributed by atoms with Crippen LogP contribution in [0.4, 0.5) is 4.39 Å². The fraction of sp³-hybridized carbons (Fsp3) is 0.500. The predicted octanol–water partition coefficient (Wildman–Crippen LogP) is 2.50. The number of aryl methyl sites for hydroxylation is 1. The van der Waals surface area contributed by atoms with Gasteiger partial charge < -0.3 is 4.74 Å². The molecule has 1 rings (SSSR count). The Labute approximate surface area is 108 Å². The van der Waals surface area contributed by atoms with Gasteiger partial charge in [0.05, 0.1) is 12.7 Å². The van der Waals surface area contributed by atoms with E-state index in [0.29, 0.717) is 19.6 Å². The predicted molar refractivity (Wildman–Crippen MR) is 68.5 cm³/mol. The minimum absolute atomic E-state index is 0.211. The van der Waals surface area contributed by atoms with Crippen molar-refractivity contribution in [3.05, 3.63) is 35.1 Å². The Bertz CT molecular complexity index is 415. The lowest BCUT2D eigenvalue weighted by Crippen LogP contribution is -2.28. The number of hydrogen-bond acceptors (Lipinski definition) is 3. The fourth-order valence-corrected chi connectivity index (χ4v) is 1.78. The molecule has 0 unspecified atom stereocenters. The third-order valence-corrected chi connectivity index (χ3v) is 2.85. The molecular formula is C14H19FN2O. The van der Waals surface area contributed by atoms with Crippen LogP contribution < -0.4 is 0 Å². The molecule has 0 radical (unpaired) electrons. The Morgan fingerprint density at radius 3 is 2.78 bits per heavy atom. The van der Waals surface area contributed by atoms with Crippen molar-refractivity contribution >= 4 is 0 Å². The summed E-state index contributed by atoms with van der Waals surface area (Å²) >= 11 is 0. The van der Waals surface area contributed by atoms with Crippen molar-refractivity contribution in [2.45, 2.75) is 19.9 Å². The molecular weight excluding hydrogens is 231 g/mol. The van der Waals surface area contributed by atoms with Gasteiger partial charge in [-0.3, -0.25) is 4.90 Å². The summed E-state index contributed by atoms with van der Waals surface area (Å²) in [5.41, 5.74) is 2.03. The lowest BCUT2D eigenvalue weighted by Gasteiger charge is -2.21. The maximum atomic E-state index is 13.0. The second-order valence-corrected chi connectivity index (χ2v) is 4.25. The summed E-state index contributed by atoms with van der Waals surface area (Å²) in [7, 11) is 1.66. The van der Waals surface area contributed by atoms with Gasteiger partial charge in [-0.15, -0.1) is 0 Å². The number of halogens is 1. The van der Waals surface area contributed by atoms with Gasteiger partial charge in [-0.2, -0.15) is 5.26 Å². The Balaban J connectivity index is 2.66. The van der Waals surface area contributed by atoms with Crippen LogP contribution in [-0.2, 0) is 11.3 Å². The van der Waals surface area contributed by atoms with Crippen LogP contribution in [0.3, 0.4) is 0 Å². The molecule has 0 aliphatic carbocycles. The number of nitriles is 1. The lowest BCUT2D eigenvalue weighted by atomic mass is 10.1. The van der Waals surface area contributed by atoms with E-state index in [1.54, 1.807) is 13.2 Å². The number of hydrogen-bond donors (Lipinski definition) is 0. The van der Waals surface area contributed by atoms with E-state index >= 15 is 0 Å². The molecule has 4 heteroatoms. The number of benzene rings is 1. The van der Waals surface area contributed by atoms with Gasteiger partial charge in [0.2, 0.25) is 0 Å². The molecule has 1 aromatic carbocycles. The van der Waals surface area contributed by atoms with Crippen molar-refractivity contribution in [3.63, 3.8) is 0 Å². The van der Waals surface area contributed by atoms with Crippen molar-refractivity contribution in [1.82, 2.24) is 4.90 Å². The second kappa shape index (κ2) is 7.80. The summed E-state index contributed by atoms with van der Waals surface area (Å²) in [6.07, 6.45) is 0.490. The van der Waals surface area contributed by atoms with Gasteiger partial charge in [0.15, 0.2) is 0 Å². The summed E-state index contributed by atoms with van der Waals surface area (Å²) in [6, 6.07) is 6.95. The highest BCUT2D eigenvalue weighted by Gasteiger charge is 2.08. The van der Waals surface area contributed by atoms with Crippen LogP contribution in [0, 0.1) is 24.1 Å². The lowest BCUT2D eigenvalue weighted by molar-refractivity contribution is 0.145. The molecule has 0 aliphatic heterocycles. The summed E-state index contributed by atoms with van der Waals surface area (Å²) in [5.74, 6) is -0.211. The molecule has 0 amide bonds. The van der Waals surface area contributed by atoms with Crippen LogP contribution in [-0.4, -0.2) is 31.7 Å². The van der Waals surface area contributed by atoms with E-state index in [2.05, 4.69) is 11.0 Å². The smallest absolute Gasteiger partial charge is 0.123 e. The maximum absolute atomic E-state index is 13.0. The maximum Gasteiger partial charge on any atom is 0.123 e. The Morgan fingerprint density at radius 1 is 1.39 bits per heavy atom. The Morgan fingerprint density at radius 2 is 2.17 bits per heavy atom. The summed E-state index contributed by atoms with van der Waals surface area (Å²) in [4.78, 5) is 2.15. The van der Waals surface area contributed by atoms with Crippen LogP contribution in [0.2, 0.25) is 0 Å². The highest BCUT2D eigenvalue weighted by atomic mass is 19.1. The van der Waals surface area contributed by atoms with Crippen LogP contribution >= 0.6 is 0 Å². The first kappa shape index (κ1) is 14.6. The molecule has 0 saturated heterocycles. The molecule has 98 valence electrons. The zero-order valence-electron chi connectivity index (χ0n) is 10.9. The van der Waals surface area contributed by atoms with Gasteiger partial charge >= 0.3 is 0 Å². The molecule has 0 aliphatic rings. The van der Waals surface area contributed by atoms with Crippen molar-refractivity contribution < 1.29 is 9.13 Å². The van der Waals surface area contributed by atoms with Gasteiger partial charge in [0.25, 0.3) is 0 Å². The molecule has 0 atom stereocenters. The SMILES string of the molecule is COCCN(CCC#N)Cc1ccc(F)cc1C. The van der Waals surface area contributed by atoms with Crippen molar-refractivity contribution in [3.8, 4) is 6.07 Å². The first-order valence-electron chi connectivity index (χ1n) is 6.00. The molecule has 1 aromatic rings. The number of ether oxygens (including phenoxy) is 1. The number of nitrogens with zero attached hydrogens (tertiary/aromatic N) is 2. The van der Waals surface area contributed by atoms with E-state index in [0.717, 1.165) is 24.2 Å². The molecule has 0 heterocycles. The minimum Gasteiger partial charge on any atom is -0.383 e. The van der Waals surface area contributed by atoms with Crippen molar-refractivity contribution in [1.29, 1.82) is 5.26 Å². The molecule has 0 fully saturated rings. The Kier molecular flexibility index (Phi) is 6.34. The van der Waals surface area contributed by atoms with Crippen molar-refractivity contribution in [2.75, 3.05) is 26.8 Å². The van der Waals surface area contributed by atoms with Crippen molar-refractivity contribution in [2.24, 2.45) is 0 Å². The fourth-order valence-electron chi connectivity index (χ4n) is 1.78. The monoisotopic (exact) mass is 250 g/mol. The molecule has 0 saturated carbocycles. The summed E-state index contributed by atoms with van der Waals surface area (Å²) in [5, 5.41) is 8.64. The summed E-state index contributed by atoms with van der Waals surface area (Å²) < 4.78 is 18.1. The van der Waals surface area contributed by atoms with Crippen LogP contribution in [0.25, 0.3) is 0 Å². The van der Waals surface area contributed by atoms with Crippen LogP contribution in [0.1, 0.15) is 17.5 Å². The van der Waals surface area contributed by atoms with Gasteiger partial charge in [-0.1, -0.05) is 6.07 Å². The second-order valence-electron chi connectivity index (χ2n) is 4.25. The summed E-state index contributed by atoms with van der Waals surface area (Å²) in [6.45, 7) is 4.73. The van der Waals surface area contributed by atoms with E-state index in [4.69, 9.17) is 10.00 Å². The Hall–Kier alpha value is -1.44. The first-order valence-corrected chi connectivity index (χ1v) is 6.00. The van der Waals surface area contributed by atoms with Crippen LogP contribution in [0.5, 0.6) is 0 Å². The van der Waals surface area contributed by atoms with E-state index in [9.17, 15) is 4.39 Å². The number of methoxy groups -OCH3 is 1. The zero-order chi connectivity index (χ0) is 13.4. The third-order valence-electron chi connectivity index (χ3n) is 2.85. The normalized spacial score (nSPS) is 10.6. The minimum atomic E-state index is -0.211.